The fourth-order valence-corrected chi connectivity index (χ4v) is 4.96. The maximum atomic E-state index is 13.0. The predicted octanol–water partition coefficient (Wildman–Crippen LogP) is 5.76. The zero-order chi connectivity index (χ0) is 32.3. The molecule has 0 aliphatic heterocycles. The van der Waals surface area contributed by atoms with Gasteiger partial charge in [0.15, 0.2) is 0 Å². The van der Waals surface area contributed by atoms with E-state index < -0.39 is 23.6 Å². The lowest BCUT2D eigenvalue weighted by molar-refractivity contribution is -0.127. The van der Waals surface area contributed by atoms with Gasteiger partial charge in [-0.15, -0.1) is 0 Å². The molecule has 0 aromatic heterocycles. The van der Waals surface area contributed by atoms with Crippen LogP contribution in [0.2, 0.25) is 0 Å². The number of hydrazine groups is 2. The predicted molar refractivity (Wildman–Crippen MR) is 171 cm³/mol. The minimum Gasteiger partial charge on any atom is -0.507 e. The van der Waals surface area contributed by atoms with E-state index in [4.69, 9.17) is 0 Å². The van der Waals surface area contributed by atoms with E-state index in [0.29, 0.717) is 43.2 Å². The van der Waals surface area contributed by atoms with E-state index in [-0.39, 0.29) is 35.0 Å². The largest absolute Gasteiger partial charge is 0.507 e. The number of benzene rings is 2. The van der Waals surface area contributed by atoms with Crippen LogP contribution in [-0.2, 0) is 22.4 Å². The molecule has 0 aliphatic carbocycles. The topological polar surface area (TPSA) is 157 Å². The normalized spacial score (nSPS) is 11.4. The summed E-state index contributed by atoms with van der Waals surface area (Å²) in [6, 6.07) is 9.97. The molecule has 1 atom stereocenters. The van der Waals surface area contributed by atoms with Crippen molar-refractivity contribution < 1.29 is 29.4 Å². The van der Waals surface area contributed by atoms with Gasteiger partial charge in [0.2, 0.25) is 11.8 Å². The molecule has 0 aliphatic rings. The summed E-state index contributed by atoms with van der Waals surface area (Å²) in [6.45, 7) is 6.20. The van der Waals surface area contributed by atoms with E-state index in [1.807, 2.05) is 13.8 Å². The Morgan fingerprint density at radius 1 is 0.614 bits per heavy atom. The fraction of sp³-hybridized carbons (Fsp3) is 0.529. The summed E-state index contributed by atoms with van der Waals surface area (Å²) in [6.07, 6.45) is 10.4. The van der Waals surface area contributed by atoms with Gasteiger partial charge in [0.05, 0.1) is 11.1 Å². The second kappa shape index (κ2) is 20.0. The van der Waals surface area contributed by atoms with Gasteiger partial charge in [0, 0.05) is 12.3 Å². The first-order valence-electron chi connectivity index (χ1n) is 16.0. The van der Waals surface area contributed by atoms with Crippen LogP contribution in [0.25, 0.3) is 0 Å². The van der Waals surface area contributed by atoms with Crippen LogP contribution >= 0.6 is 0 Å². The van der Waals surface area contributed by atoms with Crippen molar-refractivity contribution in [2.45, 2.75) is 111 Å². The molecular weight excluding hydrogens is 560 g/mol. The fourth-order valence-electron chi connectivity index (χ4n) is 4.96. The molecule has 10 nitrogen and oxygen atoms in total. The van der Waals surface area contributed by atoms with Crippen molar-refractivity contribution in [2.75, 3.05) is 0 Å². The molecule has 0 saturated carbocycles. The summed E-state index contributed by atoms with van der Waals surface area (Å²) in [5.74, 6) is -2.59. The monoisotopic (exact) mass is 610 g/mol. The quantitative estimate of drug-likeness (QED) is 0.0930. The van der Waals surface area contributed by atoms with E-state index in [2.05, 4.69) is 28.6 Å². The van der Waals surface area contributed by atoms with Crippen LogP contribution in [-0.4, -0.2) is 33.8 Å². The number of carbonyl (C=O) groups is 4. The maximum absolute atomic E-state index is 13.0. The Hall–Kier alpha value is -4.08. The van der Waals surface area contributed by atoms with Gasteiger partial charge in [-0.05, 0) is 68.2 Å². The van der Waals surface area contributed by atoms with Crippen LogP contribution in [0.4, 0.5) is 0 Å². The zero-order valence-corrected chi connectivity index (χ0v) is 26.5. The van der Waals surface area contributed by atoms with Gasteiger partial charge in [-0.3, -0.25) is 40.9 Å². The third-order valence-corrected chi connectivity index (χ3v) is 7.68. The van der Waals surface area contributed by atoms with E-state index in [0.717, 1.165) is 51.4 Å². The van der Waals surface area contributed by atoms with Crippen molar-refractivity contribution in [1.29, 1.82) is 0 Å². The molecule has 0 fully saturated rings. The van der Waals surface area contributed by atoms with Gasteiger partial charge >= 0.3 is 0 Å². The van der Waals surface area contributed by atoms with Crippen LogP contribution in [0.5, 0.6) is 11.5 Å². The van der Waals surface area contributed by atoms with E-state index in [1.54, 1.807) is 24.3 Å². The SMILES string of the molecule is CCCCCCC(CCCC(=O)NNC(=O)c1cccc(CCCC)c1O)C(=O)NNC(=O)c1cccc(CCCC)c1O. The smallest absolute Gasteiger partial charge is 0.273 e. The number of phenolic OH excluding ortho intramolecular Hbond substituents is 2. The number of rotatable bonds is 18. The van der Waals surface area contributed by atoms with Crippen LogP contribution < -0.4 is 21.7 Å². The number of amides is 4. The first-order valence-corrected chi connectivity index (χ1v) is 16.0. The number of phenols is 2. The Balaban J connectivity index is 1.89. The average Bonchev–Trinajstić information content (AvgIpc) is 3.02. The highest BCUT2D eigenvalue weighted by Gasteiger charge is 2.21. The third-order valence-electron chi connectivity index (χ3n) is 7.68. The second-order valence-electron chi connectivity index (χ2n) is 11.2. The first kappa shape index (κ1) is 36.1. The number of para-hydroxylation sites is 2. The van der Waals surface area contributed by atoms with Crippen molar-refractivity contribution in [3.8, 4) is 11.5 Å². The Labute approximate surface area is 261 Å². The number of hydrogen-bond acceptors (Lipinski definition) is 6. The number of carbonyl (C=O) groups excluding carboxylic acids is 4. The molecule has 242 valence electrons. The summed E-state index contributed by atoms with van der Waals surface area (Å²) in [5.41, 5.74) is 11.2. The summed E-state index contributed by atoms with van der Waals surface area (Å²) >= 11 is 0. The van der Waals surface area contributed by atoms with Crippen LogP contribution in [0.3, 0.4) is 0 Å². The number of nitrogens with one attached hydrogen (secondary N) is 4. The standard InChI is InChI=1S/C34H50N4O6/c1-4-7-10-11-17-26(32(42)36-38-34(44)28-22-13-19-25(31(28)41)16-9-6-3)20-14-23-29(39)35-37-33(43)27-21-12-18-24(30(27)40)15-8-5-2/h12-13,18-19,21-22,26,40-41H,4-11,14-17,20,23H2,1-3H3,(H,35,39)(H,36,42)(H,37,43)(H,38,44). The number of hydrogen-bond donors (Lipinski definition) is 6. The summed E-state index contributed by atoms with van der Waals surface area (Å²) < 4.78 is 0. The maximum Gasteiger partial charge on any atom is 0.273 e. The summed E-state index contributed by atoms with van der Waals surface area (Å²) in [4.78, 5) is 50.8. The van der Waals surface area contributed by atoms with Crippen molar-refractivity contribution in [2.24, 2.45) is 5.92 Å². The lowest BCUT2D eigenvalue weighted by atomic mass is 9.94. The molecule has 6 N–H and O–H groups in total. The van der Waals surface area contributed by atoms with E-state index in [1.165, 1.54) is 12.1 Å². The highest BCUT2D eigenvalue weighted by Crippen LogP contribution is 2.25. The summed E-state index contributed by atoms with van der Waals surface area (Å²) in [7, 11) is 0. The number of aromatic hydroxyl groups is 2. The van der Waals surface area contributed by atoms with Gasteiger partial charge in [-0.25, -0.2) is 0 Å². The van der Waals surface area contributed by atoms with Gasteiger partial charge in [-0.1, -0.05) is 83.6 Å². The average molecular weight is 611 g/mol. The molecule has 2 aromatic carbocycles. The molecule has 4 amide bonds. The molecule has 44 heavy (non-hydrogen) atoms. The second-order valence-corrected chi connectivity index (χ2v) is 11.2. The van der Waals surface area contributed by atoms with Gasteiger partial charge in [0.1, 0.15) is 11.5 Å². The lowest BCUT2D eigenvalue weighted by Gasteiger charge is -2.18. The van der Waals surface area contributed by atoms with Gasteiger partial charge in [-0.2, -0.15) is 0 Å². The zero-order valence-electron chi connectivity index (χ0n) is 26.5. The molecule has 2 rings (SSSR count). The number of aryl methyl sites for hydroxylation is 2. The Morgan fingerprint density at radius 3 is 1.64 bits per heavy atom. The van der Waals surface area contributed by atoms with E-state index >= 15 is 0 Å². The van der Waals surface area contributed by atoms with Crippen molar-refractivity contribution in [3.05, 3.63) is 58.7 Å². The Kier molecular flexibility index (Phi) is 16.4. The third kappa shape index (κ3) is 11.9. The minimum atomic E-state index is -0.611. The Bertz CT molecular complexity index is 1230. The molecule has 2 aromatic rings. The van der Waals surface area contributed by atoms with Crippen molar-refractivity contribution in [1.82, 2.24) is 21.7 Å². The van der Waals surface area contributed by atoms with Crippen LogP contribution in [0, 0.1) is 5.92 Å². The number of unbranched alkanes of at least 4 members (excludes halogenated alkanes) is 5. The highest BCUT2D eigenvalue weighted by molar-refractivity contribution is 5.99. The van der Waals surface area contributed by atoms with Gasteiger partial charge < -0.3 is 10.2 Å². The molecule has 0 radical (unpaired) electrons. The molecule has 0 heterocycles. The highest BCUT2D eigenvalue weighted by atomic mass is 16.3. The molecular formula is C34H50N4O6. The molecule has 0 spiro atoms. The lowest BCUT2D eigenvalue weighted by Crippen LogP contribution is -2.44. The van der Waals surface area contributed by atoms with Crippen LogP contribution in [0.1, 0.15) is 130 Å². The molecule has 1 unspecified atom stereocenters. The van der Waals surface area contributed by atoms with Crippen LogP contribution in [0.15, 0.2) is 36.4 Å². The molecule has 0 saturated heterocycles. The van der Waals surface area contributed by atoms with Crippen molar-refractivity contribution in [3.63, 3.8) is 0 Å². The minimum absolute atomic E-state index is 0.0757. The van der Waals surface area contributed by atoms with E-state index in [9.17, 15) is 29.4 Å². The summed E-state index contributed by atoms with van der Waals surface area (Å²) in [5, 5.41) is 21.0. The molecule has 0 bridgehead atoms. The van der Waals surface area contributed by atoms with Crippen molar-refractivity contribution >= 4 is 23.6 Å². The van der Waals surface area contributed by atoms with Gasteiger partial charge in [0.25, 0.3) is 11.8 Å². The molecule has 10 heteroatoms. The Morgan fingerprint density at radius 2 is 1.11 bits per heavy atom. The first-order chi connectivity index (χ1) is 21.2.